The quantitative estimate of drug-likeness (QED) is 0.632. The Morgan fingerprint density at radius 3 is 2.60 bits per heavy atom. The predicted molar refractivity (Wildman–Crippen MR) is 109 cm³/mol. The van der Waals surface area contributed by atoms with Crippen molar-refractivity contribution in [2.75, 3.05) is 26.3 Å². The maximum absolute atomic E-state index is 13.1. The van der Waals surface area contributed by atoms with E-state index in [1.807, 2.05) is 24.3 Å². The van der Waals surface area contributed by atoms with Crippen LogP contribution in [0.2, 0.25) is 0 Å². The van der Waals surface area contributed by atoms with E-state index >= 15 is 0 Å². The van der Waals surface area contributed by atoms with Crippen LogP contribution in [0.1, 0.15) is 12.8 Å². The largest absolute Gasteiger partial charge is 0.486 e. The second kappa shape index (κ2) is 7.73. The molecule has 5 rings (SSSR count). The lowest BCUT2D eigenvalue weighted by atomic mass is 10.1. The van der Waals surface area contributed by atoms with Crippen molar-refractivity contribution in [1.29, 1.82) is 0 Å². The van der Waals surface area contributed by atoms with Crippen molar-refractivity contribution in [3.05, 3.63) is 48.7 Å². The fraction of sp³-hybridized carbons (Fsp3) is 0.333. The molecule has 9 heteroatoms. The van der Waals surface area contributed by atoms with Crippen LogP contribution in [0, 0.1) is 0 Å². The Hall–Kier alpha value is -2.91. The number of piperidine rings is 1. The van der Waals surface area contributed by atoms with Crippen molar-refractivity contribution in [2.45, 2.75) is 23.8 Å². The standard InChI is InChI=1S/C21H21N3O5S/c25-30(26,17-5-6-19-20(13-17)28-12-11-27-19)24-9-7-16(8-10-24)29-21-18-4-2-1-3-15(18)14-22-23-21/h1-6,13-14,16H,7-12H2. The molecule has 2 aliphatic heterocycles. The van der Waals surface area contributed by atoms with Gasteiger partial charge in [0.05, 0.1) is 11.1 Å². The van der Waals surface area contributed by atoms with Gasteiger partial charge in [-0.3, -0.25) is 0 Å². The average molecular weight is 427 g/mol. The number of hydrogen-bond donors (Lipinski definition) is 0. The molecule has 0 bridgehead atoms. The molecule has 0 N–H and O–H groups in total. The van der Waals surface area contributed by atoms with Crippen molar-refractivity contribution in [3.8, 4) is 17.4 Å². The molecule has 2 aliphatic rings. The molecule has 0 aliphatic carbocycles. The molecule has 1 saturated heterocycles. The molecule has 0 atom stereocenters. The van der Waals surface area contributed by atoms with Crippen LogP contribution in [0.25, 0.3) is 10.8 Å². The number of rotatable bonds is 4. The van der Waals surface area contributed by atoms with Gasteiger partial charge in [-0.15, -0.1) is 5.10 Å². The maximum atomic E-state index is 13.1. The van der Waals surface area contributed by atoms with Gasteiger partial charge in [-0.05, 0) is 31.0 Å². The van der Waals surface area contributed by atoms with Gasteiger partial charge in [0.1, 0.15) is 19.3 Å². The minimum Gasteiger partial charge on any atom is -0.486 e. The molecule has 3 aromatic rings. The van der Waals surface area contributed by atoms with Gasteiger partial charge in [0, 0.05) is 29.9 Å². The molecule has 0 saturated carbocycles. The topological polar surface area (TPSA) is 90.9 Å². The molecular weight excluding hydrogens is 406 g/mol. The Morgan fingerprint density at radius 2 is 1.77 bits per heavy atom. The minimum atomic E-state index is -3.61. The normalized spacial score (nSPS) is 17.7. The number of ether oxygens (including phenoxy) is 3. The van der Waals surface area contributed by atoms with Gasteiger partial charge in [0.2, 0.25) is 15.9 Å². The van der Waals surface area contributed by atoms with Gasteiger partial charge in [0.15, 0.2) is 11.5 Å². The summed E-state index contributed by atoms with van der Waals surface area (Å²) in [5.41, 5.74) is 0. The number of nitrogens with zero attached hydrogens (tertiary/aromatic N) is 3. The van der Waals surface area contributed by atoms with E-state index in [1.54, 1.807) is 18.3 Å². The van der Waals surface area contributed by atoms with Crippen LogP contribution in [0.5, 0.6) is 17.4 Å². The number of hydrogen-bond acceptors (Lipinski definition) is 7. The zero-order valence-electron chi connectivity index (χ0n) is 16.2. The summed E-state index contributed by atoms with van der Waals surface area (Å²) in [7, 11) is -3.61. The molecule has 0 spiro atoms. The molecule has 1 aromatic heterocycles. The van der Waals surface area contributed by atoms with E-state index in [0.717, 1.165) is 10.8 Å². The lowest BCUT2D eigenvalue weighted by Gasteiger charge is -2.31. The average Bonchev–Trinajstić information content (AvgIpc) is 2.79. The van der Waals surface area contributed by atoms with Crippen LogP contribution < -0.4 is 14.2 Å². The van der Waals surface area contributed by atoms with E-state index in [-0.39, 0.29) is 11.0 Å². The zero-order chi connectivity index (χ0) is 20.6. The van der Waals surface area contributed by atoms with Crippen LogP contribution in [0.15, 0.2) is 53.6 Å². The molecule has 0 radical (unpaired) electrons. The van der Waals surface area contributed by atoms with E-state index in [9.17, 15) is 8.42 Å². The van der Waals surface area contributed by atoms with Crippen molar-refractivity contribution in [2.24, 2.45) is 0 Å². The molecule has 1 fully saturated rings. The lowest BCUT2D eigenvalue weighted by molar-refractivity contribution is 0.130. The first kappa shape index (κ1) is 19.1. The number of sulfonamides is 1. The second-order valence-corrected chi connectivity index (χ2v) is 9.20. The third kappa shape index (κ3) is 3.54. The number of fused-ring (bicyclic) bond motifs is 2. The third-order valence-corrected chi connectivity index (χ3v) is 7.26. The zero-order valence-corrected chi connectivity index (χ0v) is 17.0. The minimum absolute atomic E-state index is 0.114. The SMILES string of the molecule is O=S(=O)(c1ccc2c(c1)OCCO2)N1CCC(Oc2nncc3ccccc23)CC1. The molecule has 30 heavy (non-hydrogen) atoms. The highest BCUT2D eigenvalue weighted by Crippen LogP contribution is 2.34. The highest BCUT2D eigenvalue weighted by molar-refractivity contribution is 7.89. The summed E-state index contributed by atoms with van der Waals surface area (Å²) in [5, 5.41) is 9.99. The monoisotopic (exact) mass is 427 g/mol. The molecule has 8 nitrogen and oxygen atoms in total. The van der Waals surface area contributed by atoms with Crippen LogP contribution >= 0.6 is 0 Å². The van der Waals surface area contributed by atoms with E-state index in [2.05, 4.69) is 10.2 Å². The van der Waals surface area contributed by atoms with Gasteiger partial charge in [-0.1, -0.05) is 18.2 Å². The molecule has 3 heterocycles. The molecular formula is C21H21N3O5S. The maximum Gasteiger partial charge on any atom is 0.243 e. The summed E-state index contributed by atoms with van der Waals surface area (Å²) in [5.74, 6) is 1.53. The molecule has 156 valence electrons. The van der Waals surface area contributed by atoms with Gasteiger partial charge in [-0.25, -0.2) is 8.42 Å². The summed E-state index contributed by atoms with van der Waals surface area (Å²) in [6, 6.07) is 12.5. The summed E-state index contributed by atoms with van der Waals surface area (Å²) >= 11 is 0. The summed E-state index contributed by atoms with van der Waals surface area (Å²) < 4.78 is 44.7. The Morgan fingerprint density at radius 1 is 1.00 bits per heavy atom. The van der Waals surface area contributed by atoms with E-state index in [1.165, 1.54) is 10.4 Å². The first-order valence-corrected chi connectivity index (χ1v) is 11.3. The summed E-state index contributed by atoms with van der Waals surface area (Å²) in [6.45, 7) is 1.63. The van der Waals surface area contributed by atoms with Crippen molar-refractivity contribution in [1.82, 2.24) is 14.5 Å². The van der Waals surface area contributed by atoms with E-state index in [4.69, 9.17) is 14.2 Å². The molecule has 0 amide bonds. The van der Waals surface area contributed by atoms with E-state index < -0.39 is 10.0 Å². The van der Waals surface area contributed by atoms with Crippen molar-refractivity contribution < 1.29 is 22.6 Å². The smallest absolute Gasteiger partial charge is 0.243 e. The van der Waals surface area contributed by atoms with Gasteiger partial charge >= 0.3 is 0 Å². The van der Waals surface area contributed by atoms with Gasteiger partial charge in [0.25, 0.3) is 0 Å². The first-order valence-electron chi connectivity index (χ1n) is 9.88. The highest BCUT2D eigenvalue weighted by Gasteiger charge is 2.31. The Bertz CT molecular complexity index is 1170. The van der Waals surface area contributed by atoms with Crippen LogP contribution in [0.4, 0.5) is 0 Å². The lowest BCUT2D eigenvalue weighted by Crippen LogP contribution is -2.41. The van der Waals surface area contributed by atoms with Crippen molar-refractivity contribution >= 4 is 20.8 Å². The van der Waals surface area contributed by atoms with Crippen LogP contribution in [-0.4, -0.2) is 55.3 Å². The molecule has 0 unspecified atom stereocenters. The Balaban J connectivity index is 1.28. The van der Waals surface area contributed by atoms with Gasteiger partial charge < -0.3 is 14.2 Å². The van der Waals surface area contributed by atoms with Crippen LogP contribution in [-0.2, 0) is 10.0 Å². The second-order valence-electron chi connectivity index (χ2n) is 7.26. The van der Waals surface area contributed by atoms with Crippen LogP contribution in [0.3, 0.4) is 0 Å². The highest BCUT2D eigenvalue weighted by atomic mass is 32.2. The summed E-state index contributed by atoms with van der Waals surface area (Å²) in [6.07, 6.45) is 2.74. The Kier molecular flexibility index (Phi) is 4.92. The third-order valence-electron chi connectivity index (χ3n) is 5.37. The van der Waals surface area contributed by atoms with Crippen molar-refractivity contribution in [3.63, 3.8) is 0 Å². The summed E-state index contributed by atoms with van der Waals surface area (Å²) in [4.78, 5) is 0.214. The Labute approximate surface area is 174 Å². The fourth-order valence-electron chi connectivity index (χ4n) is 3.77. The first-order chi connectivity index (χ1) is 14.6. The van der Waals surface area contributed by atoms with E-state index in [0.29, 0.717) is 56.5 Å². The van der Waals surface area contributed by atoms with Gasteiger partial charge in [-0.2, -0.15) is 9.40 Å². The molecule has 2 aromatic carbocycles. The fourth-order valence-corrected chi connectivity index (χ4v) is 5.26. The predicted octanol–water partition coefficient (Wildman–Crippen LogP) is 2.63. The number of benzene rings is 2. The number of aromatic nitrogens is 2.